The molecule has 3 nitrogen and oxygen atoms in total. The second-order valence-electron chi connectivity index (χ2n) is 4.75. The van der Waals surface area contributed by atoms with E-state index < -0.39 is 11.7 Å². The summed E-state index contributed by atoms with van der Waals surface area (Å²) in [5, 5.41) is 12.1. The number of rotatable bonds is 4. The van der Waals surface area contributed by atoms with Gasteiger partial charge in [-0.05, 0) is 42.3 Å². The van der Waals surface area contributed by atoms with Crippen molar-refractivity contribution in [1.29, 1.82) is 0 Å². The Bertz CT molecular complexity index is 651. The Kier molecular flexibility index (Phi) is 4.70. The maximum Gasteiger partial charge on any atom is 0.416 e. The molecule has 2 aromatic rings. The number of para-hydroxylation sites is 1. The van der Waals surface area contributed by atoms with E-state index in [4.69, 9.17) is 0 Å². The number of aromatic hydroxyl groups is 1. The minimum Gasteiger partial charge on any atom is -0.508 e. The van der Waals surface area contributed by atoms with Crippen molar-refractivity contribution in [1.82, 2.24) is 0 Å². The highest BCUT2D eigenvalue weighted by Crippen LogP contribution is 2.29. The van der Waals surface area contributed by atoms with Crippen molar-refractivity contribution in [2.24, 2.45) is 0 Å². The average molecular weight is 309 g/mol. The predicted octanol–water partition coefficient (Wildman–Crippen LogP) is 3.98. The molecule has 2 aromatic carbocycles. The molecule has 116 valence electrons. The van der Waals surface area contributed by atoms with Gasteiger partial charge in [-0.2, -0.15) is 13.2 Å². The van der Waals surface area contributed by atoms with Crippen molar-refractivity contribution in [3.8, 4) is 5.75 Å². The average Bonchev–Trinajstić information content (AvgIpc) is 2.46. The lowest BCUT2D eigenvalue weighted by atomic mass is 10.1. The highest BCUT2D eigenvalue weighted by molar-refractivity contribution is 5.90. The lowest BCUT2D eigenvalue weighted by molar-refractivity contribution is -0.137. The Morgan fingerprint density at radius 1 is 1.05 bits per heavy atom. The Balaban J connectivity index is 1.91. The zero-order valence-corrected chi connectivity index (χ0v) is 11.5. The van der Waals surface area contributed by atoms with E-state index in [0.717, 1.165) is 12.1 Å². The van der Waals surface area contributed by atoms with Crippen LogP contribution < -0.4 is 5.32 Å². The predicted molar refractivity (Wildman–Crippen MR) is 76.5 cm³/mol. The maximum absolute atomic E-state index is 12.4. The molecule has 0 spiro atoms. The molecule has 0 saturated carbocycles. The van der Waals surface area contributed by atoms with Crippen molar-refractivity contribution in [2.75, 3.05) is 5.32 Å². The van der Waals surface area contributed by atoms with Gasteiger partial charge < -0.3 is 10.4 Å². The van der Waals surface area contributed by atoms with E-state index in [-0.39, 0.29) is 18.1 Å². The molecule has 0 saturated heterocycles. The number of halogens is 3. The van der Waals surface area contributed by atoms with Gasteiger partial charge in [0.25, 0.3) is 0 Å². The minimum absolute atomic E-state index is 0.116. The fourth-order valence-corrected chi connectivity index (χ4v) is 1.94. The van der Waals surface area contributed by atoms with Crippen LogP contribution in [-0.2, 0) is 17.4 Å². The highest BCUT2D eigenvalue weighted by atomic mass is 19.4. The number of amides is 1. The summed E-state index contributed by atoms with van der Waals surface area (Å²) in [6, 6.07) is 10.9. The number of hydrogen-bond acceptors (Lipinski definition) is 2. The number of anilines is 1. The van der Waals surface area contributed by atoms with Crippen molar-refractivity contribution in [2.45, 2.75) is 19.0 Å². The SMILES string of the molecule is O=C(CCc1ccccc1O)Nc1ccc(C(F)(F)F)cc1. The lowest BCUT2D eigenvalue weighted by Gasteiger charge is -2.09. The summed E-state index contributed by atoms with van der Waals surface area (Å²) < 4.78 is 37.3. The number of alkyl halides is 3. The van der Waals surface area contributed by atoms with E-state index in [1.54, 1.807) is 18.2 Å². The smallest absolute Gasteiger partial charge is 0.416 e. The van der Waals surface area contributed by atoms with E-state index in [0.29, 0.717) is 17.7 Å². The first kappa shape index (κ1) is 15.9. The first-order chi connectivity index (χ1) is 10.4. The molecule has 6 heteroatoms. The van der Waals surface area contributed by atoms with Crippen LogP contribution in [0.2, 0.25) is 0 Å². The Hall–Kier alpha value is -2.50. The molecule has 0 bridgehead atoms. The van der Waals surface area contributed by atoms with Gasteiger partial charge >= 0.3 is 6.18 Å². The fraction of sp³-hybridized carbons (Fsp3) is 0.188. The van der Waals surface area contributed by atoms with Crippen LogP contribution in [0.1, 0.15) is 17.5 Å². The van der Waals surface area contributed by atoms with Gasteiger partial charge in [0.1, 0.15) is 5.75 Å². The third-order valence-electron chi connectivity index (χ3n) is 3.11. The molecule has 2 rings (SSSR count). The van der Waals surface area contributed by atoms with Crippen molar-refractivity contribution < 1.29 is 23.1 Å². The summed E-state index contributed by atoms with van der Waals surface area (Å²) in [6.07, 6.45) is -3.93. The van der Waals surface area contributed by atoms with Gasteiger partial charge in [-0.15, -0.1) is 0 Å². The van der Waals surface area contributed by atoms with E-state index >= 15 is 0 Å². The van der Waals surface area contributed by atoms with Gasteiger partial charge in [0.15, 0.2) is 0 Å². The van der Waals surface area contributed by atoms with E-state index in [9.17, 15) is 23.1 Å². The molecule has 1 amide bonds. The zero-order chi connectivity index (χ0) is 16.2. The van der Waals surface area contributed by atoms with Gasteiger partial charge in [-0.3, -0.25) is 4.79 Å². The molecule has 0 fully saturated rings. The molecule has 0 aliphatic rings. The summed E-state index contributed by atoms with van der Waals surface area (Å²) >= 11 is 0. The van der Waals surface area contributed by atoms with E-state index in [1.165, 1.54) is 18.2 Å². The third kappa shape index (κ3) is 4.25. The van der Waals surface area contributed by atoms with Gasteiger partial charge in [-0.1, -0.05) is 18.2 Å². The topological polar surface area (TPSA) is 49.3 Å². The van der Waals surface area contributed by atoms with Gasteiger partial charge in [-0.25, -0.2) is 0 Å². The molecular formula is C16H14F3NO2. The van der Waals surface area contributed by atoms with Crippen LogP contribution in [0.5, 0.6) is 5.75 Å². The summed E-state index contributed by atoms with van der Waals surface area (Å²) in [7, 11) is 0. The van der Waals surface area contributed by atoms with Crippen LogP contribution in [-0.4, -0.2) is 11.0 Å². The normalized spacial score (nSPS) is 11.2. The summed E-state index contributed by atoms with van der Waals surface area (Å²) in [4.78, 5) is 11.8. The molecule has 0 aliphatic carbocycles. The van der Waals surface area contributed by atoms with Crippen LogP contribution in [0.15, 0.2) is 48.5 Å². The Morgan fingerprint density at radius 3 is 2.27 bits per heavy atom. The van der Waals surface area contributed by atoms with E-state index in [1.807, 2.05) is 0 Å². The molecule has 0 aromatic heterocycles. The van der Waals surface area contributed by atoms with Gasteiger partial charge in [0, 0.05) is 12.1 Å². The zero-order valence-electron chi connectivity index (χ0n) is 11.5. The Labute approximate surface area is 125 Å². The summed E-state index contributed by atoms with van der Waals surface area (Å²) in [5.41, 5.74) is 0.181. The number of phenols is 1. The van der Waals surface area contributed by atoms with Gasteiger partial charge in [0.2, 0.25) is 5.91 Å². The molecule has 0 aliphatic heterocycles. The summed E-state index contributed by atoms with van der Waals surface area (Å²) in [6.45, 7) is 0. The van der Waals surface area contributed by atoms with Crippen molar-refractivity contribution in [3.05, 3.63) is 59.7 Å². The second kappa shape index (κ2) is 6.51. The molecule has 0 atom stereocenters. The standard InChI is InChI=1S/C16H14F3NO2/c17-16(18,19)12-6-8-13(9-7-12)20-15(22)10-5-11-3-1-2-4-14(11)21/h1-4,6-9,21H,5,10H2,(H,20,22). The van der Waals surface area contributed by atoms with Crippen molar-refractivity contribution in [3.63, 3.8) is 0 Å². The number of hydrogen-bond donors (Lipinski definition) is 2. The maximum atomic E-state index is 12.4. The number of phenolic OH excluding ortho intramolecular Hbond substituents is 1. The minimum atomic E-state index is -4.40. The molecule has 0 heterocycles. The largest absolute Gasteiger partial charge is 0.508 e. The first-order valence-corrected chi connectivity index (χ1v) is 6.60. The van der Waals surface area contributed by atoms with Crippen LogP contribution in [0.3, 0.4) is 0 Å². The molecule has 2 N–H and O–H groups in total. The van der Waals surface area contributed by atoms with Gasteiger partial charge in [0.05, 0.1) is 5.56 Å². The Morgan fingerprint density at radius 2 is 1.68 bits per heavy atom. The number of carbonyl (C=O) groups is 1. The third-order valence-corrected chi connectivity index (χ3v) is 3.11. The molecule has 0 radical (unpaired) electrons. The lowest BCUT2D eigenvalue weighted by Crippen LogP contribution is -2.12. The molecule has 22 heavy (non-hydrogen) atoms. The van der Waals surface area contributed by atoms with Crippen LogP contribution >= 0.6 is 0 Å². The van der Waals surface area contributed by atoms with E-state index in [2.05, 4.69) is 5.32 Å². The number of nitrogens with one attached hydrogen (secondary N) is 1. The van der Waals surface area contributed by atoms with Crippen LogP contribution in [0.4, 0.5) is 18.9 Å². The first-order valence-electron chi connectivity index (χ1n) is 6.60. The second-order valence-corrected chi connectivity index (χ2v) is 4.75. The quantitative estimate of drug-likeness (QED) is 0.897. The fourth-order valence-electron chi connectivity index (χ4n) is 1.94. The monoisotopic (exact) mass is 309 g/mol. The highest BCUT2D eigenvalue weighted by Gasteiger charge is 2.29. The molecule has 0 unspecified atom stereocenters. The van der Waals surface area contributed by atoms with Crippen LogP contribution in [0.25, 0.3) is 0 Å². The molecular weight excluding hydrogens is 295 g/mol. The summed E-state index contributed by atoms with van der Waals surface area (Å²) in [5.74, 6) is -0.215. The number of aryl methyl sites for hydroxylation is 1. The number of benzene rings is 2. The number of carbonyl (C=O) groups excluding carboxylic acids is 1. The van der Waals surface area contributed by atoms with Crippen molar-refractivity contribution >= 4 is 11.6 Å². The van der Waals surface area contributed by atoms with Crippen LogP contribution in [0, 0.1) is 0 Å².